The highest BCUT2D eigenvalue weighted by atomic mass is 15.1. The molecule has 0 amide bonds. The lowest BCUT2D eigenvalue weighted by Gasteiger charge is -2.38. The zero-order valence-corrected chi connectivity index (χ0v) is 24.0. The maximum atomic E-state index is 4.91. The highest BCUT2D eigenvalue weighted by Gasteiger charge is 2.39. The fourth-order valence-corrected chi connectivity index (χ4v) is 6.89. The monoisotopic (exact) mass is 547 g/mol. The number of rotatable bonds is 8. The molecule has 0 atom stereocenters. The van der Waals surface area contributed by atoms with Gasteiger partial charge in [0, 0.05) is 12.2 Å². The van der Waals surface area contributed by atoms with Gasteiger partial charge in [0.15, 0.2) is 0 Å². The van der Waals surface area contributed by atoms with Crippen molar-refractivity contribution in [1.29, 1.82) is 0 Å². The predicted molar refractivity (Wildman–Crippen MR) is 174 cm³/mol. The summed E-state index contributed by atoms with van der Waals surface area (Å²) in [4.78, 5) is 4.91. The summed E-state index contributed by atoms with van der Waals surface area (Å²) < 4.78 is 2.35. The van der Waals surface area contributed by atoms with Gasteiger partial charge in [-0.15, -0.1) is 0 Å². The molecule has 208 valence electrons. The van der Waals surface area contributed by atoms with Crippen LogP contribution in [-0.4, -0.2) is 9.55 Å². The van der Waals surface area contributed by atoms with Crippen molar-refractivity contribution in [3.63, 3.8) is 0 Å². The van der Waals surface area contributed by atoms with Crippen molar-refractivity contribution in [2.45, 2.75) is 50.1 Å². The van der Waals surface area contributed by atoms with Gasteiger partial charge in [0.25, 0.3) is 0 Å². The highest BCUT2D eigenvalue weighted by Crippen LogP contribution is 2.42. The van der Waals surface area contributed by atoms with Crippen LogP contribution in [0.15, 0.2) is 140 Å². The van der Waals surface area contributed by atoms with Crippen molar-refractivity contribution in [2.75, 3.05) is 5.32 Å². The third-order valence-corrected chi connectivity index (χ3v) is 9.04. The van der Waals surface area contributed by atoms with Crippen molar-refractivity contribution >= 4 is 16.7 Å². The van der Waals surface area contributed by atoms with Crippen molar-refractivity contribution in [3.05, 3.63) is 168 Å². The number of aromatic nitrogens is 2. The van der Waals surface area contributed by atoms with Gasteiger partial charge in [-0.2, -0.15) is 0 Å². The summed E-state index contributed by atoms with van der Waals surface area (Å²) in [5.74, 6) is 0.738. The SMILES string of the molecule is c1ccc(C(c2ccccc2)(c2ccccc2)n2cnc3ccc(NCc4ccc(C5CCCCC5)cc4)cc32)cc1. The van der Waals surface area contributed by atoms with Gasteiger partial charge in [-0.3, -0.25) is 0 Å². The molecule has 0 saturated heterocycles. The van der Waals surface area contributed by atoms with Gasteiger partial charge in [0.05, 0.1) is 17.4 Å². The first kappa shape index (κ1) is 26.3. The van der Waals surface area contributed by atoms with E-state index in [2.05, 4.69) is 143 Å². The lowest BCUT2D eigenvalue weighted by Crippen LogP contribution is -2.37. The molecule has 1 aliphatic rings. The Bertz CT molecular complexity index is 1640. The molecule has 1 aliphatic carbocycles. The van der Waals surface area contributed by atoms with E-state index in [4.69, 9.17) is 4.98 Å². The van der Waals surface area contributed by atoms with E-state index in [0.717, 1.165) is 29.2 Å². The minimum Gasteiger partial charge on any atom is -0.381 e. The standard InChI is InChI=1S/C39H37N3/c1-5-13-31(14-6-1)32-23-21-30(22-24-32)28-40-36-25-26-37-38(27-36)42(29-41-37)39(33-15-7-2-8-16-33,34-17-9-3-10-18-34)35-19-11-4-12-20-35/h2-4,7-12,15-27,29,31,40H,1,5-6,13-14,28H2. The van der Waals surface area contributed by atoms with Crippen molar-refractivity contribution in [3.8, 4) is 0 Å². The molecule has 3 heteroatoms. The van der Waals surface area contributed by atoms with Crippen LogP contribution in [0.5, 0.6) is 0 Å². The van der Waals surface area contributed by atoms with E-state index in [1.165, 1.54) is 59.9 Å². The van der Waals surface area contributed by atoms with Gasteiger partial charge >= 0.3 is 0 Å². The zero-order valence-electron chi connectivity index (χ0n) is 24.0. The van der Waals surface area contributed by atoms with Crippen LogP contribution in [0.3, 0.4) is 0 Å². The van der Waals surface area contributed by atoms with Crippen LogP contribution in [0.1, 0.15) is 65.8 Å². The van der Waals surface area contributed by atoms with Gasteiger partial charge in [-0.05, 0) is 64.8 Å². The molecule has 0 radical (unpaired) electrons. The number of fused-ring (bicyclic) bond motifs is 1. The molecule has 0 bridgehead atoms. The molecule has 1 saturated carbocycles. The summed E-state index contributed by atoms with van der Waals surface area (Å²) in [6, 6.07) is 48.2. The van der Waals surface area contributed by atoms with Gasteiger partial charge in [0.2, 0.25) is 0 Å². The molecule has 5 aromatic carbocycles. The van der Waals surface area contributed by atoms with Crippen LogP contribution < -0.4 is 5.32 Å². The average molecular weight is 548 g/mol. The first-order valence-corrected chi connectivity index (χ1v) is 15.3. The van der Waals surface area contributed by atoms with E-state index in [-0.39, 0.29) is 0 Å². The summed E-state index contributed by atoms with van der Waals surface area (Å²) in [6.07, 6.45) is 8.81. The molecule has 0 spiro atoms. The highest BCUT2D eigenvalue weighted by molar-refractivity contribution is 5.81. The minimum atomic E-state index is -0.591. The first-order valence-electron chi connectivity index (χ1n) is 15.3. The number of nitrogens with zero attached hydrogens (tertiary/aromatic N) is 2. The molecule has 0 aliphatic heterocycles. The van der Waals surface area contributed by atoms with Crippen LogP contribution in [0.4, 0.5) is 5.69 Å². The smallest absolute Gasteiger partial charge is 0.122 e. The van der Waals surface area contributed by atoms with E-state index < -0.39 is 5.54 Å². The maximum absolute atomic E-state index is 4.91. The third kappa shape index (κ3) is 4.90. The summed E-state index contributed by atoms with van der Waals surface area (Å²) in [5, 5.41) is 3.70. The predicted octanol–water partition coefficient (Wildman–Crippen LogP) is 9.54. The molecule has 0 unspecified atom stereocenters. The van der Waals surface area contributed by atoms with E-state index in [0.29, 0.717) is 0 Å². The second-order valence-corrected chi connectivity index (χ2v) is 11.6. The maximum Gasteiger partial charge on any atom is 0.122 e. The Hall–Kier alpha value is -4.63. The molecule has 6 aromatic rings. The Morgan fingerprint density at radius 1 is 0.643 bits per heavy atom. The lowest BCUT2D eigenvalue weighted by atomic mass is 9.76. The minimum absolute atomic E-state index is 0.591. The average Bonchev–Trinajstić information content (AvgIpc) is 3.50. The second kappa shape index (κ2) is 11.7. The molecule has 3 nitrogen and oxygen atoms in total. The molecular formula is C39H37N3. The Balaban J connectivity index is 1.28. The van der Waals surface area contributed by atoms with Crippen LogP contribution in [0.25, 0.3) is 11.0 Å². The summed E-state index contributed by atoms with van der Waals surface area (Å²) >= 11 is 0. The fourth-order valence-electron chi connectivity index (χ4n) is 6.89. The summed E-state index contributed by atoms with van der Waals surface area (Å²) in [5.41, 5.74) is 8.94. The number of benzene rings is 5. The van der Waals surface area contributed by atoms with Crippen LogP contribution in [0, 0.1) is 0 Å². The van der Waals surface area contributed by atoms with Crippen LogP contribution in [-0.2, 0) is 12.1 Å². The van der Waals surface area contributed by atoms with Gasteiger partial charge in [-0.25, -0.2) is 4.98 Å². The number of anilines is 1. The molecule has 1 heterocycles. The van der Waals surface area contributed by atoms with Crippen LogP contribution >= 0.6 is 0 Å². The van der Waals surface area contributed by atoms with Crippen LogP contribution in [0.2, 0.25) is 0 Å². The first-order chi connectivity index (χ1) is 20.8. The van der Waals surface area contributed by atoms with Crippen molar-refractivity contribution in [2.24, 2.45) is 0 Å². The summed E-state index contributed by atoms with van der Waals surface area (Å²) in [7, 11) is 0. The number of nitrogens with one attached hydrogen (secondary N) is 1. The quantitative estimate of drug-likeness (QED) is 0.192. The van der Waals surface area contributed by atoms with Gasteiger partial charge in [-0.1, -0.05) is 135 Å². The lowest BCUT2D eigenvalue weighted by molar-refractivity contribution is 0.443. The Kier molecular flexibility index (Phi) is 7.32. The number of hydrogen-bond acceptors (Lipinski definition) is 2. The van der Waals surface area contributed by atoms with E-state index in [9.17, 15) is 0 Å². The molecule has 1 N–H and O–H groups in total. The second-order valence-electron chi connectivity index (χ2n) is 11.6. The summed E-state index contributed by atoms with van der Waals surface area (Å²) in [6.45, 7) is 0.784. The van der Waals surface area contributed by atoms with E-state index >= 15 is 0 Å². The largest absolute Gasteiger partial charge is 0.381 e. The van der Waals surface area contributed by atoms with Crippen molar-refractivity contribution < 1.29 is 0 Å². The van der Waals surface area contributed by atoms with E-state index in [1.54, 1.807) is 0 Å². The van der Waals surface area contributed by atoms with Gasteiger partial charge < -0.3 is 9.88 Å². The zero-order chi connectivity index (χ0) is 28.2. The van der Waals surface area contributed by atoms with E-state index in [1.807, 2.05) is 6.33 Å². The molecule has 42 heavy (non-hydrogen) atoms. The Morgan fingerprint density at radius 3 is 1.79 bits per heavy atom. The normalized spacial score (nSPS) is 14.2. The topological polar surface area (TPSA) is 29.9 Å². The van der Waals surface area contributed by atoms with Crippen molar-refractivity contribution in [1.82, 2.24) is 9.55 Å². The molecule has 1 aromatic heterocycles. The third-order valence-electron chi connectivity index (χ3n) is 9.04. The Morgan fingerprint density at radius 2 is 1.21 bits per heavy atom. The molecular weight excluding hydrogens is 510 g/mol. The van der Waals surface area contributed by atoms with Gasteiger partial charge in [0.1, 0.15) is 5.54 Å². The molecule has 7 rings (SSSR count). The Labute approximate surface area is 248 Å². The fraction of sp³-hybridized carbons (Fsp3) is 0.205. The number of imidazole rings is 1. The molecule has 1 fully saturated rings. The number of hydrogen-bond donors (Lipinski definition) is 1.